The van der Waals surface area contributed by atoms with Gasteiger partial charge in [0.15, 0.2) is 0 Å². The van der Waals surface area contributed by atoms with E-state index in [0.29, 0.717) is 0 Å². The molecule has 0 amide bonds. The molecule has 74 valence electrons. The van der Waals surface area contributed by atoms with Crippen molar-refractivity contribution in [3.8, 4) is 0 Å². The number of carbonyl (C=O) groups excluding carboxylic acids is 1. The van der Waals surface area contributed by atoms with Crippen molar-refractivity contribution in [2.45, 2.75) is 6.92 Å². The second-order valence-corrected chi connectivity index (χ2v) is 5.76. The third-order valence-corrected chi connectivity index (χ3v) is 3.51. The standard InChI is InChI=1S/C10H8ClFOSe/c1-7(6-10(11)13)14-9-4-2-8(12)3-5-9/h2-6H,1H3/b7-6-. The van der Waals surface area contributed by atoms with E-state index in [-0.39, 0.29) is 20.8 Å². The normalized spacial score (nSPS) is 11.5. The first-order chi connectivity index (χ1) is 6.58. The second kappa shape index (κ2) is 5.30. The molecule has 0 aliphatic carbocycles. The second-order valence-electron chi connectivity index (χ2n) is 2.62. The number of hydrogen-bond acceptors (Lipinski definition) is 1. The Morgan fingerprint density at radius 2 is 2.00 bits per heavy atom. The molecule has 0 unspecified atom stereocenters. The molecule has 0 saturated carbocycles. The van der Waals surface area contributed by atoms with E-state index in [1.54, 1.807) is 12.1 Å². The molecule has 0 aliphatic heterocycles. The number of halogens is 2. The van der Waals surface area contributed by atoms with Crippen molar-refractivity contribution in [1.29, 1.82) is 0 Å². The molecule has 0 bridgehead atoms. The molecule has 0 aromatic heterocycles. The minimum atomic E-state index is -0.466. The van der Waals surface area contributed by atoms with E-state index in [2.05, 4.69) is 0 Å². The monoisotopic (exact) mass is 278 g/mol. The molecule has 0 aliphatic rings. The van der Waals surface area contributed by atoms with Crippen molar-refractivity contribution >= 4 is 36.3 Å². The van der Waals surface area contributed by atoms with Gasteiger partial charge < -0.3 is 0 Å². The van der Waals surface area contributed by atoms with Crippen molar-refractivity contribution in [2.75, 3.05) is 0 Å². The average molecular weight is 278 g/mol. The first-order valence-corrected chi connectivity index (χ1v) is 5.98. The predicted octanol–water partition coefficient (Wildman–Crippen LogP) is 1.82. The van der Waals surface area contributed by atoms with Crippen LogP contribution in [0.15, 0.2) is 34.8 Å². The summed E-state index contributed by atoms with van der Waals surface area (Å²) in [6.45, 7) is 1.84. The van der Waals surface area contributed by atoms with Gasteiger partial charge in [-0.25, -0.2) is 0 Å². The molecule has 0 N–H and O–H groups in total. The van der Waals surface area contributed by atoms with Gasteiger partial charge in [0, 0.05) is 0 Å². The van der Waals surface area contributed by atoms with Crippen LogP contribution in [0.4, 0.5) is 4.39 Å². The third kappa shape index (κ3) is 4.05. The van der Waals surface area contributed by atoms with E-state index in [4.69, 9.17) is 11.6 Å². The van der Waals surface area contributed by atoms with E-state index in [9.17, 15) is 9.18 Å². The fourth-order valence-corrected chi connectivity index (χ4v) is 2.89. The van der Waals surface area contributed by atoms with E-state index in [1.807, 2.05) is 6.92 Å². The molecular weight excluding hydrogens is 270 g/mol. The Morgan fingerprint density at radius 3 is 2.50 bits per heavy atom. The van der Waals surface area contributed by atoms with E-state index < -0.39 is 5.24 Å². The van der Waals surface area contributed by atoms with Crippen LogP contribution in [0.3, 0.4) is 0 Å². The van der Waals surface area contributed by atoms with E-state index >= 15 is 0 Å². The molecule has 14 heavy (non-hydrogen) atoms. The Bertz CT molecular complexity index is 359. The summed E-state index contributed by atoms with van der Waals surface area (Å²) in [5, 5.41) is -0.466. The first-order valence-electron chi connectivity index (χ1n) is 3.89. The summed E-state index contributed by atoms with van der Waals surface area (Å²) in [6, 6.07) is 6.25. The van der Waals surface area contributed by atoms with Crippen molar-refractivity contribution in [3.63, 3.8) is 0 Å². The molecule has 1 aromatic rings. The van der Waals surface area contributed by atoms with Crippen molar-refractivity contribution in [3.05, 3.63) is 40.6 Å². The third-order valence-electron chi connectivity index (χ3n) is 1.41. The molecule has 0 saturated heterocycles. The van der Waals surface area contributed by atoms with Crippen LogP contribution in [0.1, 0.15) is 6.92 Å². The van der Waals surface area contributed by atoms with Crippen LogP contribution in [-0.4, -0.2) is 20.2 Å². The van der Waals surface area contributed by atoms with E-state index in [0.717, 1.165) is 8.93 Å². The summed E-state index contributed by atoms with van der Waals surface area (Å²) in [6.07, 6.45) is 1.39. The van der Waals surface area contributed by atoms with Crippen LogP contribution in [0, 0.1) is 5.82 Å². The number of hydrogen-bond donors (Lipinski definition) is 0. The summed E-state index contributed by atoms with van der Waals surface area (Å²) < 4.78 is 14.5. The fraction of sp³-hybridized carbons (Fsp3) is 0.100. The molecule has 1 nitrogen and oxygen atoms in total. The molecule has 0 atom stereocenters. The minimum absolute atomic E-state index is 0.0399. The molecular formula is C10H8ClFOSe. The van der Waals surface area contributed by atoms with Gasteiger partial charge in [-0.15, -0.1) is 0 Å². The molecule has 0 fully saturated rings. The number of allylic oxidation sites excluding steroid dienone is 2. The molecule has 1 rings (SSSR count). The summed E-state index contributed by atoms with van der Waals surface area (Å²) in [7, 11) is 0. The van der Waals surface area contributed by atoms with Crippen LogP contribution in [-0.2, 0) is 4.79 Å². The van der Waals surface area contributed by atoms with Crippen LogP contribution in [0.2, 0.25) is 0 Å². The number of benzene rings is 1. The maximum absolute atomic E-state index is 12.6. The van der Waals surface area contributed by atoms with Gasteiger partial charge in [0.2, 0.25) is 0 Å². The van der Waals surface area contributed by atoms with Gasteiger partial charge in [0.05, 0.1) is 0 Å². The Labute approximate surface area is 93.1 Å². The Balaban J connectivity index is 2.69. The topological polar surface area (TPSA) is 17.1 Å². The SMILES string of the molecule is C/C(=C/C(=O)Cl)[Se]c1ccc(F)cc1. The predicted molar refractivity (Wildman–Crippen MR) is 56.4 cm³/mol. The molecule has 4 heteroatoms. The van der Waals surface area contributed by atoms with E-state index in [1.165, 1.54) is 18.2 Å². The summed E-state index contributed by atoms with van der Waals surface area (Å²) in [5.41, 5.74) is 0. The summed E-state index contributed by atoms with van der Waals surface area (Å²) in [5.74, 6) is -0.250. The molecule has 0 spiro atoms. The van der Waals surface area contributed by atoms with Crippen LogP contribution in [0.25, 0.3) is 0 Å². The van der Waals surface area contributed by atoms with Gasteiger partial charge in [0.1, 0.15) is 0 Å². The van der Waals surface area contributed by atoms with Crippen LogP contribution in [0.5, 0.6) is 0 Å². The Morgan fingerprint density at radius 1 is 1.43 bits per heavy atom. The van der Waals surface area contributed by atoms with Gasteiger partial charge in [0.25, 0.3) is 0 Å². The summed E-state index contributed by atoms with van der Waals surface area (Å²) in [4.78, 5) is 10.5. The van der Waals surface area contributed by atoms with Gasteiger partial charge in [-0.1, -0.05) is 0 Å². The van der Waals surface area contributed by atoms with Gasteiger partial charge >= 0.3 is 93.0 Å². The molecule has 1 aromatic carbocycles. The van der Waals surface area contributed by atoms with Crippen molar-refractivity contribution in [1.82, 2.24) is 0 Å². The zero-order valence-electron chi connectivity index (χ0n) is 7.46. The van der Waals surface area contributed by atoms with Crippen molar-refractivity contribution < 1.29 is 9.18 Å². The Kier molecular flexibility index (Phi) is 4.33. The number of carbonyl (C=O) groups is 1. The van der Waals surface area contributed by atoms with Crippen LogP contribution >= 0.6 is 11.6 Å². The fourth-order valence-electron chi connectivity index (χ4n) is 0.878. The Hall–Kier alpha value is -0.631. The van der Waals surface area contributed by atoms with Crippen molar-refractivity contribution in [2.24, 2.45) is 0 Å². The van der Waals surface area contributed by atoms with Crippen LogP contribution < -0.4 is 4.46 Å². The van der Waals surface area contributed by atoms with Gasteiger partial charge in [-0.3, -0.25) is 0 Å². The van der Waals surface area contributed by atoms with Gasteiger partial charge in [-0.05, 0) is 0 Å². The van der Waals surface area contributed by atoms with Gasteiger partial charge in [-0.2, -0.15) is 0 Å². The molecule has 0 heterocycles. The quantitative estimate of drug-likeness (QED) is 0.468. The average Bonchev–Trinajstić information content (AvgIpc) is 2.07. The zero-order valence-corrected chi connectivity index (χ0v) is 9.93. The first kappa shape index (κ1) is 11.4. The molecule has 0 radical (unpaired) electrons. The number of rotatable bonds is 3. The maximum atomic E-state index is 12.6. The summed E-state index contributed by atoms with van der Waals surface area (Å²) >= 11 is 5.24. The zero-order chi connectivity index (χ0) is 10.6.